The molecule has 2 heterocycles. The second-order valence-electron chi connectivity index (χ2n) is 10.8. The van der Waals surface area contributed by atoms with Crippen LogP contribution in [0.2, 0.25) is 10.0 Å². The number of benzene rings is 3. The van der Waals surface area contributed by atoms with Crippen LogP contribution in [0, 0.1) is 0 Å². The van der Waals surface area contributed by atoms with Gasteiger partial charge in [0.25, 0.3) is 0 Å². The first-order chi connectivity index (χ1) is 20.3. The molecule has 2 aliphatic rings. The number of aliphatic hydroxyl groups is 1. The Hall–Kier alpha value is -3.46. The van der Waals surface area contributed by atoms with Gasteiger partial charge in [-0.25, -0.2) is 4.98 Å². The van der Waals surface area contributed by atoms with Crippen molar-refractivity contribution in [2.45, 2.75) is 44.0 Å². The highest BCUT2D eigenvalue weighted by Crippen LogP contribution is 2.44. The number of carbonyl (C=O) groups excluding carboxylic acids is 1. The van der Waals surface area contributed by atoms with Gasteiger partial charge in [0.15, 0.2) is 0 Å². The van der Waals surface area contributed by atoms with Crippen LogP contribution in [0.4, 0.5) is 0 Å². The molecule has 1 amide bonds. The van der Waals surface area contributed by atoms with E-state index in [-0.39, 0.29) is 18.0 Å². The van der Waals surface area contributed by atoms with Crippen molar-refractivity contribution in [3.05, 3.63) is 93.5 Å². The number of halogens is 2. The minimum absolute atomic E-state index is 0.103. The SMILES string of the molecule is COc1nc(-c2cccc(-c3cccc(-c4ccc5c(c4)[C@H](O)C[C@@H]5N)c3Cl)c2Cl)ccc1CNC[C@@H]1CCC(=O)N1. The van der Waals surface area contributed by atoms with E-state index < -0.39 is 6.10 Å². The lowest BCUT2D eigenvalue weighted by molar-refractivity contribution is -0.119. The zero-order chi connectivity index (χ0) is 29.4. The summed E-state index contributed by atoms with van der Waals surface area (Å²) < 4.78 is 5.62. The molecular weight excluding hydrogens is 571 g/mol. The molecule has 6 rings (SSSR count). The lowest BCUT2D eigenvalue weighted by Gasteiger charge is -2.16. The maximum atomic E-state index is 11.5. The Morgan fingerprint density at radius 3 is 2.43 bits per heavy atom. The van der Waals surface area contributed by atoms with Gasteiger partial charge >= 0.3 is 0 Å². The summed E-state index contributed by atoms with van der Waals surface area (Å²) in [5.41, 5.74) is 13.7. The Morgan fingerprint density at radius 1 is 1.00 bits per heavy atom. The first-order valence-electron chi connectivity index (χ1n) is 14.0. The van der Waals surface area contributed by atoms with Crippen LogP contribution in [0.15, 0.2) is 66.7 Å². The highest BCUT2D eigenvalue weighted by molar-refractivity contribution is 6.39. The molecule has 1 saturated heterocycles. The van der Waals surface area contributed by atoms with E-state index in [1.165, 1.54) is 0 Å². The number of nitrogens with two attached hydrogens (primary N) is 1. The second-order valence-corrected chi connectivity index (χ2v) is 11.6. The van der Waals surface area contributed by atoms with Crippen molar-refractivity contribution in [1.29, 1.82) is 0 Å². The third kappa shape index (κ3) is 5.51. The Kier molecular flexibility index (Phi) is 8.21. The zero-order valence-electron chi connectivity index (χ0n) is 23.2. The normalized spacial score (nSPS) is 19.5. The van der Waals surface area contributed by atoms with Crippen molar-refractivity contribution in [1.82, 2.24) is 15.6 Å². The molecule has 1 aliphatic heterocycles. The van der Waals surface area contributed by atoms with Crippen molar-refractivity contribution in [3.8, 4) is 39.4 Å². The Balaban J connectivity index is 1.28. The molecule has 0 spiro atoms. The highest BCUT2D eigenvalue weighted by Gasteiger charge is 2.28. The van der Waals surface area contributed by atoms with Gasteiger partial charge < -0.3 is 26.2 Å². The van der Waals surface area contributed by atoms with Crippen LogP contribution in [0.25, 0.3) is 33.5 Å². The van der Waals surface area contributed by atoms with E-state index in [4.69, 9.17) is 38.7 Å². The molecule has 0 bridgehead atoms. The number of nitrogens with zero attached hydrogens (tertiary/aromatic N) is 1. The average Bonchev–Trinajstić information content (AvgIpc) is 3.54. The van der Waals surface area contributed by atoms with Gasteiger partial charge in [0.2, 0.25) is 11.8 Å². The Bertz CT molecular complexity index is 1660. The predicted molar refractivity (Wildman–Crippen MR) is 166 cm³/mol. The maximum Gasteiger partial charge on any atom is 0.220 e. The molecule has 4 aromatic rings. The number of hydrogen-bond donors (Lipinski definition) is 4. The third-order valence-corrected chi connectivity index (χ3v) is 8.94. The van der Waals surface area contributed by atoms with E-state index in [1.54, 1.807) is 7.11 Å². The van der Waals surface area contributed by atoms with E-state index in [1.807, 2.05) is 66.7 Å². The molecule has 7 nitrogen and oxygen atoms in total. The molecular formula is C33H32Cl2N4O3. The number of nitrogens with one attached hydrogen (secondary N) is 2. The van der Waals surface area contributed by atoms with E-state index in [0.717, 1.165) is 50.9 Å². The number of ether oxygens (including phenoxy) is 1. The average molecular weight is 604 g/mol. The van der Waals surface area contributed by atoms with Gasteiger partial charge in [-0.2, -0.15) is 0 Å². The topological polar surface area (TPSA) is 110 Å². The third-order valence-electron chi connectivity index (χ3n) is 8.12. The number of rotatable bonds is 8. The second kappa shape index (κ2) is 12.0. The first-order valence-corrected chi connectivity index (χ1v) is 14.8. The highest BCUT2D eigenvalue weighted by atomic mass is 35.5. The molecule has 0 saturated carbocycles. The lowest BCUT2D eigenvalue weighted by Crippen LogP contribution is -2.35. The number of carbonyl (C=O) groups is 1. The zero-order valence-corrected chi connectivity index (χ0v) is 24.7. The molecule has 1 aliphatic carbocycles. The van der Waals surface area contributed by atoms with E-state index in [0.29, 0.717) is 47.6 Å². The van der Waals surface area contributed by atoms with Crippen LogP contribution < -0.4 is 21.1 Å². The molecule has 5 N–H and O–H groups in total. The van der Waals surface area contributed by atoms with Crippen LogP contribution in [0.5, 0.6) is 5.88 Å². The molecule has 42 heavy (non-hydrogen) atoms. The minimum atomic E-state index is -0.579. The van der Waals surface area contributed by atoms with Gasteiger partial charge in [0.05, 0.1) is 29.0 Å². The van der Waals surface area contributed by atoms with Gasteiger partial charge in [0.1, 0.15) is 0 Å². The fourth-order valence-electron chi connectivity index (χ4n) is 5.91. The lowest BCUT2D eigenvalue weighted by atomic mass is 9.95. The summed E-state index contributed by atoms with van der Waals surface area (Å²) in [7, 11) is 1.60. The fourth-order valence-corrected chi connectivity index (χ4v) is 6.57. The smallest absolute Gasteiger partial charge is 0.220 e. The fraction of sp³-hybridized carbons (Fsp3) is 0.273. The molecule has 3 atom stereocenters. The van der Waals surface area contributed by atoms with Crippen molar-refractivity contribution in [3.63, 3.8) is 0 Å². The maximum absolute atomic E-state index is 11.5. The Labute approximate surface area is 255 Å². The van der Waals surface area contributed by atoms with E-state index in [9.17, 15) is 9.90 Å². The van der Waals surface area contributed by atoms with E-state index >= 15 is 0 Å². The first kappa shape index (κ1) is 28.6. The molecule has 216 valence electrons. The molecule has 1 aromatic heterocycles. The van der Waals surface area contributed by atoms with E-state index in [2.05, 4.69) is 10.6 Å². The summed E-state index contributed by atoms with van der Waals surface area (Å²) in [6, 6.07) is 21.5. The Morgan fingerprint density at radius 2 is 1.71 bits per heavy atom. The molecule has 1 fully saturated rings. The summed E-state index contributed by atoms with van der Waals surface area (Å²) >= 11 is 14.1. The van der Waals surface area contributed by atoms with Gasteiger partial charge in [-0.1, -0.05) is 77.8 Å². The summed E-state index contributed by atoms with van der Waals surface area (Å²) in [6.07, 6.45) is 1.36. The molecule has 3 aromatic carbocycles. The van der Waals surface area contributed by atoms with Crippen LogP contribution in [-0.4, -0.2) is 35.7 Å². The summed E-state index contributed by atoms with van der Waals surface area (Å²) in [5.74, 6) is 0.612. The van der Waals surface area contributed by atoms with Gasteiger partial charge in [-0.3, -0.25) is 4.79 Å². The number of methoxy groups -OCH3 is 1. The molecule has 9 heteroatoms. The summed E-state index contributed by atoms with van der Waals surface area (Å²) in [5, 5.41) is 17.9. The standard InChI is InChI=1S/C33H32Cl2N4O3/c1-42-33-19(16-37-17-20-10-13-30(41)38-20)9-12-28(39-33)25-7-3-6-24(32(25)35)23-5-2-4-21(31(23)34)18-8-11-22-26(14-18)29(40)15-27(22)36/h2-9,11-12,14,20,27,29,37,40H,10,13,15-17,36H2,1H3,(H,38,41)/t20-,27-,29+/m0/s1. The van der Waals surface area contributed by atoms with Crippen LogP contribution in [0.1, 0.15) is 48.1 Å². The van der Waals surface area contributed by atoms with Crippen molar-refractivity contribution in [2.75, 3.05) is 13.7 Å². The van der Waals surface area contributed by atoms with Gasteiger partial charge in [-0.05, 0) is 41.7 Å². The quantitative estimate of drug-likeness (QED) is 0.191. The number of amides is 1. The number of pyridine rings is 1. The monoisotopic (exact) mass is 602 g/mol. The number of fused-ring (bicyclic) bond motifs is 1. The van der Waals surface area contributed by atoms with Gasteiger partial charge in [-0.15, -0.1) is 0 Å². The van der Waals surface area contributed by atoms with Crippen molar-refractivity contribution >= 4 is 29.1 Å². The van der Waals surface area contributed by atoms with Crippen molar-refractivity contribution < 1.29 is 14.6 Å². The summed E-state index contributed by atoms with van der Waals surface area (Å²) in [6.45, 7) is 1.24. The van der Waals surface area contributed by atoms with Crippen LogP contribution in [-0.2, 0) is 11.3 Å². The summed E-state index contributed by atoms with van der Waals surface area (Å²) in [4.78, 5) is 16.2. The molecule has 0 unspecified atom stereocenters. The largest absolute Gasteiger partial charge is 0.481 e. The predicted octanol–water partition coefficient (Wildman–Crippen LogP) is 6.20. The van der Waals surface area contributed by atoms with Crippen LogP contribution in [0.3, 0.4) is 0 Å². The number of aromatic nitrogens is 1. The van der Waals surface area contributed by atoms with Crippen molar-refractivity contribution in [2.24, 2.45) is 5.73 Å². The number of aliphatic hydroxyl groups excluding tert-OH is 1. The number of hydrogen-bond acceptors (Lipinski definition) is 6. The van der Waals surface area contributed by atoms with Gasteiger partial charge in [0, 0.05) is 59.4 Å². The molecule has 0 radical (unpaired) electrons. The minimum Gasteiger partial charge on any atom is -0.481 e. The van der Waals surface area contributed by atoms with Crippen LogP contribution >= 0.6 is 23.2 Å².